The third-order valence-corrected chi connectivity index (χ3v) is 2.20. The van der Waals surface area contributed by atoms with Crippen LogP contribution in [0.1, 0.15) is 30.8 Å². The van der Waals surface area contributed by atoms with Gasteiger partial charge in [0.05, 0.1) is 0 Å². The first-order valence-electron chi connectivity index (χ1n) is 5.69. The second-order valence-electron chi connectivity index (χ2n) is 3.79. The Kier molecular flexibility index (Phi) is 5.04. The molecular formula is C11H16N4O3. The minimum Gasteiger partial charge on any atom is -0.354 e. The van der Waals surface area contributed by atoms with Crippen molar-refractivity contribution in [3.8, 4) is 0 Å². The Balaban J connectivity index is 2.56. The minimum atomic E-state index is -0.655. The molecule has 0 aliphatic rings. The SMILES string of the molecule is CCCNC(=O)C(C)NC(=O)c1ccc(=O)[nH]n1. The van der Waals surface area contributed by atoms with Crippen molar-refractivity contribution in [3.05, 3.63) is 28.2 Å². The van der Waals surface area contributed by atoms with Crippen molar-refractivity contribution in [2.24, 2.45) is 0 Å². The number of carbonyl (C=O) groups excluding carboxylic acids is 2. The molecule has 0 aliphatic heterocycles. The van der Waals surface area contributed by atoms with Crippen molar-refractivity contribution in [3.63, 3.8) is 0 Å². The Bertz CT molecular complexity index is 463. The fourth-order valence-electron chi connectivity index (χ4n) is 1.21. The largest absolute Gasteiger partial charge is 0.354 e. The lowest BCUT2D eigenvalue weighted by Gasteiger charge is -2.13. The molecule has 1 aromatic rings. The van der Waals surface area contributed by atoms with Crippen LogP contribution in [0, 0.1) is 0 Å². The lowest BCUT2D eigenvalue weighted by Crippen LogP contribution is -2.45. The van der Waals surface area contributed by atoms with E-state index in [4.69, 9.17) is 0 Å². The van der Waals surface area contributed by atoms with Crippen LogP contribution in [-0.2, 0) is 4.79 Å². The fourth-order valence-corrected chi connectivity index (χ4v) is 1.21. The summed E-state index contributed by atoms with van der Waals surface area (Å²) in [4.78, 5) is 34.0. The smallest absolute Gasteiger partial charge is 0.272 e. The van der Waals surface area contributed by atoms with Gasteiger partial charge in [-0.1, -0.05) is 6.92 Å². The van der Waals surface area contributed by atoms with Crippen molar-refractivity contribution in [2.45, 2.75) is 26.3 Å². The van der Waals surface area contributed by atoms with Crippen molar-refractivity contribution < 1.29 is 9.59 Å². The van der Waals surface area contributed by atoms with Crippen molar-refractivity contribution >= 4 is 11.8 Å². The van der Waals surface area contributed by atoms with E-state index in [1.807, 2.05) is 6.92 Å². The molecule has 1 rings (SSSR count). The standard InChI is InChI=1S/C11H16N4O3/c1-3-6-12-10(17)7(2)13-11(18)8-4-5-9(16)15-14-8/h4-5,7H,3,6H2,1-2H3,(H,12,17)(H,13,18)(H,15,16). The molecule has 0 spiro atoms. The molecule has 0 saturated carbocycles. The maximum absolute atomic E-state index is 11.7. The lowest BCUT2D eigenvalue weighted by molar-refractivity contribution is -0.122. The summed E-state index contributed by atoms with van der Waals surface area (Å²) < 4.78 is 0. The van der Waals surface area contributed by atoms with Crippen LogP contribution in [-0.4, -0.2) is 34.6 Å². The summed E-state index contributed by atoms with van der Waals surface area (Å²) >= 11 is 0. The highest BCUT2D eigenvalue weighted by molar-refractivity contribution is 5.95. The molecule has 0 bridgehead atoms. The summed E-state index contributed by atoms with van der Waals surface area (Å²) in [5, 5.41) is 10.9. The van der Waals surface area contributed by atoms with Gasteiger partial charge in [0.15, 0.2) is 0 Å². The average molecular weight is 252 g/mol. The Hall–Kier alpha value is -2.18. The Labute approximate surface area is 104 Å². The van der Waals surface area contributed by atoms with Gasteiger partial charge < -0.3 is 10.6 Å². The van der Waals surface area contributed by atoms with Crippen LogP contribution in [0.5, 0.6) is 0 Å². The van der Waals surface area contributed by atoms with Gasteiger partial charge in [0.1, 0.15) is 11.7 Å². The lowest BCUT2D eigenvalue weighted by atomic mass is 10.2. The Morgan fingerprint density at radius 1 is 1.44 bits per heavy atom. The minimum absolute atomic E-state index is 0.0599. The third kappa shape index (κ3) is 4.00. The molecule has 98 valence electrons. The molecule has 0 radical (unpaired) electrons. The highest BCUT2D eigenvalue weighted by atomic mass is 16.2. The van der Waals surface area contributed by atoms with Crippen molar-refractivity contribution in [2.75, 3.05) is 6.54 Å². The number of carbonyl (C=O) groups is 2. The zero-order valence-corrected chi connectivity index (χ0v) is 10.3. The van der Waals surface area contributed by atoms with Crippen LogP contribution in [0.3, 0.4) is 0 Å². The first-order valence-corrected chi connectivity index (χ1v) is 5.69. The number of hydrogen-bond acceptors (Lipinski definition) is 4. The molecule has 0 fully saturated rings. The summed E-state index contributed by atoms with van der Waals surface area (Å²) in [7, 11) is 0. The number of nitrogens with zero attached hydrogens (tertiary/aromatic N) is 1. The molecule has 1 unspecified atom stereocenters. The third-order valence-electron chi connectivity index (χ3n) is 2.20. The van der Waals surface area contributed by atoms with Crippen LogP contribution in [0.15, 0.2) is 16.9 Å². The first kappa shape index (κ1) is 13.9. The predicted molar refractivity (Wildman–Crippen MR) is 65.1 cm³/mol. The van der Waals surface area contributed by atoms with E-state index in [0.717, 1.165) is 6.42 Å². The number of aromatic nitrogens is 2. The van der Waals surface area contributed by atoms with Crippen molar-refractivity contribution in [1.29, 1.82) is 0 Å². The Morgan fingerprint density at radius 2 is 2.17 bits per heavy atom. The van der Waals surface area contributed by atoms with Gasteiger partial charge in [-0.05, 0) is 19.4 Å². The molecule has 18 heavy (non-hydrogen) atoms. The molecule has 1 aromatic heterocycles. The van der Waals surface area contributed by atoms with Gasteiger partial charge in [-0.15, -0.1) is 0 Å². The highest BCUT2D eigenvalue weighted by Crippen LogP contribution is 1.91. The maximum atomic E-state index is 11.7. The molecule has 1 atom stereocenters. The van der Waals surface area contributed by atoms with Gasteiger partial charge >= 0.3 is 0 Å². The number of H-pyrrole nitrogens is 1. The van der Waals surface area contributed by atoms with E-state index in [-0.39, 0.29) is 17.2 Å². The van der Waals surface area contributed by atoms with E-state index in [1.165, 1.54) is 12.1 Å². The number of nitrogens with one attached hydrogen (secondary N) is 3. The number of hydrogen-bond donors (Lipinski definition) is 3. The van der Waals surface area contributed by atoms with Gasteiger partial charge in [-0.25, -0.2) is 5.10 Å². The van der Waals surface area contributed by atoms with E-state index in [9.17, 15) is 14.4 Å². The normalized spacial score (nSPS) is 11.7. The molecule has 0 aliphatic carbocycles. The van der Waals surface area contributed by atoms with Crippen LogP contribution >= 0.6 is 0 Å². The molecule has 0 aromatic carbocycles. The molecule has 1 heterocycles. The zero-order chi connectivity index (χ0) is 13.5. The highest BCUT2D eigenvalue weighted by Gasteiger charge is 2.16. The predicted octanol–water partition coefficient (Wildman–Crippen LogP) is -0.586. The van der Waals surface area contributed by atoms with E-state index < -0.39 is 11.9 Å². The van der Waals surface area contributed by atoms with E-state index in [0.29, 0.717) is 6.54 Å². The number of rotatable bonds is 5. The van der Waals surface area contributed by atoms with Crippen LogP contribution in [0.25, 0.3) is 0 Å². The zero-order valence-electron chi connectivity index (χ0n) is 10.3. The maximum Gasteiger partial charge on any atom is 0.272 e. The molecular weight excluding hydrogens is 236 g/mol. The van der Waals surface area contributed by atoms with Crippen molar-refractivity contribution in [1.82, 2.24) is 20.8 Å². The van der Waals surface area contributed by atoms with Gasteiger partial charge in [-0.3, -0.25) is 14.4 Å². The second kappa shape index (κ2) is 6.53. The van der Waals surface area contributed by atoms with Gasteiger partial charge in [-0.2, -0.15) is 5.10 Å². The molecule has 3 N–H and O–H groups in total. The first-order chi connectivity index (χ1) is 8.54. The molecule has 7 nitrogen and oxygen atoms in total. The van der Waals surface area contributed by atoms with Gasteiger partial charge in [0.2, 0.25) is 5.91 Å². The van der Waals surface area contributed by atoms with Crippen LogP contribution < -0.4 is 16.2 Å². The van der Waals surface area contributed by atoms with E-state index >= 15 is 0 Å². The average Bonchev–Trinajstić information content (AvgIpc) is 2.36. The molecule has 0 saturated heterocycles. The summed E-state index contributed by atoms with van der Waals surface area (Å²) in [6.07, 6.45) is 0.827. The summed E-state index contributed by atoms with van der Waals surface area (Å²) in [5.74, 6) is -0.764. The van der Waals surface area contributed by atoms with Crippen LogP contribution in [0.2, 0.25) is 0 Å². The molecule has 2 amide bonds. The molecule has 7 heteroatoms. The van der Waals surface area contributed by atoms with Gasteiger partial charge in [0, 0.05) is 12.6 Å². The summed E-state index contributed by atoms with van der Waals surface area (Å²) in [5.41, 5.74) is -0.329. The fraction of sp³-hybridized carbons (Fsp3) is 0.455. The topological polar surface area (TPSA) is 104 Å². The van der Waals surface area contributed by atoms with E-state index in [1.54, 1.807) is 6.92 Å². The second-order valence-corrected chi connectivity index (χ2v) is 3.79. The monoisotopic (exact) mass is 252 g/mol. The summed E-state index contributed by atoms with van der Waals surface area (Å²) in [6, 6.07) is 1.84. The van der Waals surface area contributed by atoms with E-state index in [2.05, 4.69) is 20.8 Å². The van der Waals surface area contributed by atoms with Crippen LogP contribution in [0.4, 0.5) is 0 Å². The number of aromatic amines is 1. The van der Waals surface area contributed by atoms with Gasteiger partial charge in [0.25, 0.3) is 11.5 Å². The number of amides is 2. The quantitative estimate of drug-likeness (QED) is 0.651. The Morgan fingerprint density at radius 3 is 2.72 bits per heavy atom. The summed E-state index contributed by atoms with van der Waals surface area (Å²) in [6.45, 7) is 4.08.